The highest BCUT2D eigenvalue weighted by Gasteiger charge is 2.35. The molecule has 8 heteroatoms. The van der Waals surface area contributed by atoms with Crippen LogP contribution in [0.5, 0.6) is 0 Å². The summed E-state index contributed by atoms with van der Waals surface area (Å²) < 4.78 is 26.9. The molecule has 4 rings (SSSR count). The highest BCUT2D eigenvalue weighted by atomic mass is 32.2. The second-order valence-corrected chi connectivity index (χ2v) is 9.18. The van der Waals surface area contributed by atoms with Crippen molar-refractivity contribution in [3.63, 3.8) is 0 Å². The lowest BCUT2D eigenvalue weighted by Crippen LogP contribution is -2.51. The number of imidazole rings is 1. The van der Waals surface area contributed by atoms with Gasteiger partial charge in [-0.3, -0.25) is 4.79 Å². The van der Waals surface area contributed by atoms with Crippen molar-refractivity contribution >= 4 is 15.9 Å². The van der Waals surface area contributed by atoms with E-state index in [2.05, 4.69) is 21.7 Å². The van der Waals surface area contributed by atoms with E-state index in [9.17, 15) is 13.2 Å². The zero-order chi connectivity index (χ0) is 19.0. The number of aromatic nitrogens is 2. The van der Waals surface area contributed by atoms with Crippen molar-refractivity contribution in [3.05, 3.63) is 42.4 Å². The molecule has 1 aromatic carbocycles. The summed E-state index contributed by atoms with van der Waals surface area (Å²) >= 11 is 0. The first-order valence-corrected chi connectivity index (χ1v) is 11.1. The number of hydrogen-bond acceptors (Lipinski definition) is 4. The van der Waals surface area contributed by atoms with E-state index < -0.39 is 10.0 Å². The third-order valence-corrected chi connectivity index (χ3v) is 6.76. The monoisotopic (exact) mass is 388 g/mol. The summed E-state index contributed by atoms with van der Waals surface area (Å²) in [4.78, 5) is 19.5. The fourth-order valence-electron chi connectivity index (χ4n) is 4.02. The normalized spacial score (nSPS) is 21.1. The molecule has 0 spiro atoms. The molecule has 0 bridgehead atoms. The van der Waals surface area contributed by atoms with E-state index in [1.165, 1.54) is 10.6 Å². The number of rotatable bonds is 3. The van der Waals surface area contributed by atoms with Gasteiger partial charge < -0.3 is 9.47 Å². The topological polar surface area (TPSA) is 75.5 Å². The smallest absolute Gasteiger partial charge is 0.233 e. The molecule has 7 nitrogen and oxygen atoms in total. The molecule has 2 aromatic rings. The molecule has 1 aromatic heterocycles. The lowest BCUT2D eigenvalue weighted by atomic mass is 9.96. The van der Waals surface area contributed by atoms with Crippen LogP contribution in [0, 0.1) is 0 Å². The third-order valence-electron chi connectivity index (χ3n) is 5.46. The van der Waals surface area contributed by atoms with Gasteiger partial charge in [-0.1, -0.05) is 30.3 Å². The zero-order valence-electron chi connectivity index (χ0n) is 15.4. The van der Waals surface area contributed by atoms with Crippen molar-refractivity contribution in [1.82, 2.24) is 18.8 Å². The number of hydrogen-bond donors (Lipinski definition) is 0. The van der Waals surface area contributed by atoms with Crippen molar-refractivity contribution < 1.29 is 13.2 Å². The van der Waals surface area contributed by atoms with Gasteiger partial charge in [-0.05, 0) is 18.4 Å². The van der Waals surface area contributed by atoms with Crippen molar-refractivity contribution in [1.29, 1.82) is 0 Å². The summed E-state index contributed by atoms with van der Waals surface area (Å²) in [6, 6.07) is 10.1. The molecule has 1 fully saturated rings. The standard InChI is InChI=1S/C19H24N4O3S/c1-27(25,26)22-12-10-21(11-13-22)19(24)16-8-5-9-23-17(14-20-18(16)23)15-6-3-2-4-7-15/h2-4,6-7,14,16H,5,8-13H2,1H3. The first-order chi connectivity index (χ1) is 12.9. The van der Waals surface area contributed by atoms with Crippen LogP contribution < -0.4 is 0 Å². The van der Waals surface area contributed by atoms with E-state index in [4.69, 9.17) is 0 Å². The van der Waals surface area contributed by atoms with Gasteiger partial charge in [0.15, 0.2) is 0 Å². The van der Waals surface area contributed by atoms with Crippen molar-refractivity contribution in [3.8, 4) is 11.3 Å². The molecule has 1 atom stereocenters. The average Bonchev–Trinajstić information content (AvgIpc) is 3.12. The molecular weight excluding hydrogens is 364 g/mol. The number of piperazine rings is 1. The zero-order valence-corrected chi connectivity index (χ0v) is 16.2. The lowest BCUT2D eigenvalue weighted by Gasteiger charge is -2.36. The Kier molecular flexibility index (Phi) is 4.77. The number of fused-ring (bicyclic) bond motifs is 1. The molecule has 1 unspecified atom stereocenters. The Morgan fingerprint density at radius 1 is 1.07 bits per heavy atom. The molecular formula is C19H24N4O3S. The molecule has 2 aliphatic heterocycles. The number of benzene rings is 1. The van der Waals surface area contributed by atoms with Gasteiger partial charge in [0, 0.05) is 32.7 Å². The maximum atomic E-state index is 13.1. The fraction of sp³-hybridized carbons (Fsp3) is 0.474. The number of sulfonamides is 1. The summed E-state index contributed by atoms with van der Waals surface area (Å²) in [5.74, 6) is 0.644. The Morgan fingerprint density at radius 3 is 2.44 bits per heavy atom. The number of carbonyl (C=O) groups excluding carboxylic acids is 1. The summed E-state index contributed by atoms with van der Waals surface area (Å²) in [7, 11) is -3.20. The van der Waals surface area contributed by atoms with Crippen molar-refractivity contribution in [2.45, 2.75) is 25.3 Å². The minimum atomic E-state index is -3.20. The maximum absolute atomic E-state index is 13.1. The summed E-state index contributed by atoms with van der Waals surface area (Å²) in [6.07, 6.45) is 4.80. The van der Waals surface area contributed by atoms with E-state index in [-0.39, 0.29) is 11.8 Å². The first kappa shape index (κ1) is 18.2. The Hall–Kier alpha value is -2.19. The van der Waals surface area contributed by atoms with Crippen LogP contribution in [-0.2, 0) is 21.4 Å². The second-order valence-electron chi connectivity index (χ2n) is 7.20. The van der Waals surface area contributed by atoms with Gasteiger partial charge in [-0.2, -0.15) is 4.31 Å². The van der Waals surface area contributed by atoms with Crippen LogP contribution in [0.25, 0.3) is 11.3 Å². The molecule has 2 aliphatic rings. The van der Waals surface area contributed by atoms with E-state index in [0.717, 1.165) is 36.5 Å². The van der Waals surface area contributed by atoms with Gasteiger partial charge in [0.05, 0.1) is 24.1 Å². The molecule has 1 saturated heterocycles. The predicted octanol–water partition coefficient (Wildman–Crippen LogP) is 1.53. The highest BCUT2D eigenvalue weighted by molar-refractivity contribution is 7.88. The first-order valence-electron chi connectivity index (χ1n) is 9.30. The SMILES string of the molecule is CS(=O)(=O)N1CCN(C(=O)C2CCCn3c(-c4ccccc4)cnc32)CC1. The van der Waals surface area contributed by atoms with Crippen LogP contribution in [0.1, 0.15) is 24.6 Å². The van der Waals surface area contributed by atoms with Gasteiger partial charge >= 0.3 is 0 Å². The van der Waals surface area contributed by atoms with E-state index in [1.54, 1.807) is 4.90 Å². The summed E-state index contributed by atoms with van der Waals surface area (Å²) in [6.45, 7) is 2.47. The Bertz CT molecular complexity index is 931. The van der Waals surface area contributed by atoms with Crippen LogP contribution in [0.4, 0.5) is 0 Å². The summed E-state index contributed by atoms with van der Waals surface area (Å²) in [5, 5.41) is 0. The van der Waals surface area contributed by atoms with Crippen LogP contribution in [0.2, 0.25) is 0 Å². The minimum Gasteiger partial charge on any atom is -0.339 e. The van der Waals surface area contributed by atoms with Crippen LogP contribution >= 0.6 is 0 Å². The molecule has 0 N–H and O–H groups in total. The van der Waals surface area contributed by atoms with Crippen molar-refractivity contribution in [2.24, 2.45) is 0 Å². The molecule has 0 saturated carbocycles. The number of carbonyl (C=O) groups is 1. The largest absolute Gasteiger partial charge is 0.339 e. The van der Waals surface area contributed by atoms with E-state index in [0.29, 0.717) is 26.2 Å². The van der Waals surface area contributed by atoms with E-state index >= 15 is 0 Å². The molecule has 1 amide bonds. The Labute approximate surface area is 159 Å². The minimum absolute atomic E-state index is 0.0642. The van der Waals surface area contributed by atoms with Gasteiger partial charge in [0.2, 0.25) is 15.9 Å². The molecule has 0 radical (unpaired) electrons. The molecule has 3 heterocycles. The highest BCUT2D eigenvalue weighted by Crippen LogP contribution is 2.33. The maximum Gasteiger partial charge on any atom is 0.233 e. The predicted molar refractivity (Wildman–Crippen MR) is 103 cm³/mol. The lowest BCUT2D eigenvalue weighted by molar-refractivity contribution is -0.134. The number of nitrogens with zero attached hydrogens (tertiary/aromatic N) is 4. The van der Waals surface area contributed by atoms with Crippen LogP contribution in [0.3, 0.4) is 0 Å². The average molecular weight is 388 g/mol. The molecule has 27 heavy (non-hydrogen) atoms. The van der Waals surface area contributed by atoms with Gasteiger partial charge in [0.25, 0.3) is 0 Å². The molecule has 144 valence electrons. The Balaban J connectivity index is 1.54. The van der Waals surface area contributed by atoms with Gasteiger partial charge in [-0.15, -0.1) is 0 Å². The number of amides is 1. The van der Waals surface area contributed by atoms with Crippen molar-refractivity contribution in [2.75, 3.05) is 32.4 Å². The summed E-state index contributed by atoms with van der Waals surface area (Å²) in [5.41, 5.74) is 2.15. The fourth-order valence-corrected chi connectivity index (χ4v) is 4.85. The Morgan fingerprint density at radius 2 is 1.78 bits per heavy atom. The van der Waals surface area contributed by atoms with E-state index in [1.807, 2.05) is 24.4 Å². The van der Waals surface area contributed by atoms with Gasteiger partial charge in [-0.25, -0.2) is 13.4 Å². The molecule has 0 aliphatic carbocycles. The quantitative estimate of drug-likeness (QED) is 0.799. The van der Waals surface area contributed by atoms with Crippen LogP contribution in [-0.4, -0.2) is 65.5 Å². The second kappa shape index (κ2) is 7.09. The third kappa shape index (κ3) is 3.51. The van der Waals surface area contributed by atoms with Crippen LogP contribution in [0.15, 0.2) is 36.5 Å². The van der Waals surface area contributed by atoms with Gasteiger partial charge in [0.1, 0.15) is 5.82 Å².